The molecule has 2 atom stereocenters. The van der Waals surface area contributed by atoms with E-state index in [4.69, 9.17) is 9.47 Å². The summed E-state index contributed by atoms with van der Waals surface area (Å²) in [5.74, 6) is 1.71. The Kier molecular flexibility index (Phi) is 6.16. The van der Waals surface area contributed by atoms with Crippen molar-refractivity contribution in [2.45, 2.75) is 64.6 Å². The third kappa shape index (κ3) is 3.84. The van der Waals surface area contributed by atoms with Crippen molar-refractivity contribution >= 4 is 11.7 Å². The molecule has 7 heteroatoms. The summed E-state index contributed by atoms with van der Waals surface area (Å²) in [6.45, 7) is 12.7. The summed E-state index contributed by atoms with van der Waals surface area (Å²) in [7, 11) is 3.37. The van der Waals surface area contributed by atoms with Crippen molar-refractivity contribution in [3.05, 3.63) is 46.7 Å². The number of fused-ring (bicyclic) bond motifs is 3. The molecule has 188 valence electrons. The molecule has 1 aromatic rings. The van der Waals surface area contributed by atoms with E-state index in [1.807, 2.05) is 11.0 Å². The summed E-state index contributed by atoms with van der Waals surface area (Å²) in [5, 5.41) is 0. The molecule has 1 spiro atoms. The standard InChI is InChI=1S/C28H38N4O3/c1-7-32-27(33)31-17-22-14-23(34-5)15-24(35-6)26(22)18(2)12-25(31)28(32)8-10-30(11-9-28)16-21-13-19(3)29-20(21)4/h12-15,18-19H,7-11,16-17H2,1-6H3/t18-,19?/m0/s1. The molecule has 1 aromatic carbocycles. The Balaban J connectivity index is 1.46. The van der Waals surface area contributed by atoms with Crippen LogP contribution in [0.4, 0.5) is 4.79 Å². The van der Waals surface area contributed by atoms with Gasteiger partial charge in [-0.15, -0.1) is 0 Å². The molecule has 2 fully saturated rings. The predicted molar refractivity (Wildman–Crippen MR) is 138 cm³/mol. The lowest BCUT2D eigenvalue weighted by molar-refractivity contribution is 0.0973. The number of carbonyl (C=O) groups is 1. The smallest absolute Gasteiger partial charge is 0.325 e. The number of hydrogen-bond donors (Lipinski definition) is 0. The highest BCUT2D eigenvalue weighted by Gasteiger charge is 2.54. The first-order valence-corrected chi connectivity index (χ1v) is 12.8. The van der Waals surface area contributed by atoms with Crippen LogP contribution in [0.5, 0.6) is 11.5 Å². The monoisotopic (exact) mass is 478 g/mol. The summed E-state index contributed by atoms with van der Waals surface area (Å²) in [6, 6.07) is 4.40. The van der Waals surface area contributed by atoms with Crippen LogP contribution in [0.3, 0.4) is 0 Å². The van der Waals surface area contributed by atoms with E-state index in [-0.39, 0.29) is 23.5 Å². The van der Waals surface area contributed by atoms with Gasteiger partial charge in [0.2, 0.25) is 0 Å². The Morgan fingerprint density at radius 2 is 1.86 bits per heavy atom. The maximum Gasteiger partial charge on any atom is 0.325 e. The van der Waals surface area contributed by atoms with Crippen molar-refractivity contribution in [1.82, 2.24) is 14.7 Å². The SMILES string of the molecule is CCN1C(=O)N2Cc3cc(OC)cc(OC)c3[C@@H](C)C=C2C12CCN(CC1=CC(C)N=C1C)CC2. The second-order valence-electron chi connectivity index (χ2n) is 10.3. The Morgan fingerprint density at radius 1 is 1.11 bits per heavy atom. The topological polar surface area (TPSA) is 57.6 Å². The number of carbonyl (C=O) groups excluding carboxylic acids is 1. The van der Waals surface area contributed by atoms with Crippen LogP contribution >= 0.6 is 0 Å². The number of likely N-dealkylation sites (tertiary alicyclic amines) is 1. The molecule has 0 N–H and O–H groups in total. The van der Waals surface area contributed by atoms with E-state index in [0.717, 1.165) is 60.8 Å². The fourth-order valence-corrected chi connectivity index (χ4v) is 6.59. The van der Waals surface area contributed by atoms with E-state index in [1.165, 1.54) is 11.3 Å². The van der Waals surface area contributed by atoms with Gasteiger partial charge in [-0.1, -0.05) is 19.1 Å². The number of benzene rings is 1. The molecular weight excluding hydrogens is 440 g/mol. The average molecular weight is 479 g/mol. The molecule has 4 aliphatic heterocycles. The van der Waals surface area contributed by atoms with Crippen LogP contribution in [0, 0.1) is 0 Å². The molecular formula is C28H38N4O3. The fraction of sp³-hybridized carbons (Fsp3) is 0.571. The third-order valence-corrected chi connectivity index (χ3v) is 8.29. The quantitative estimate of drug-likeness (QED) is 0.621. The van der Waals surface area contributed by atoms with E-state index in [9.17, 15) is 4.79 Å². The maximum atomic E-state index is 13.8. The van der Waals surface area contributed by atoms with Gasteiger partial charge in [0.05, 0.1) is 32.3 Å². The lowest BCUT2D eigenvalue weighted by atomic mass is 9.82. The summed E-state index contributed by atoms with van der Waals surface area (Å²) in [4.78, 5) is 25.1. The van der Waals surface area contributed by atoms with Gasteiger partial charge in [-0.05, 0) is 50.8 Å². The van der Waals surface area contributed by atoms with Gasteiger partial charge >= 0.3 is 6.03 Å². The molecule has 0 bridgehead atoms. The minimum Gasteiger partial charge on any atom is -0.497 e. The van der Waals surface area contributed by atoms with E-state index in [1.54, 1.807) is 14.2 Å². The average Bonchev–Trinajstić information content (AvgIpc) is 3.19. The lowest BCUT2D eigenvalue weighted by Crippen LogP contribution is -2.54. The highest BCUT2D eigenvalue weighted by atomic mass is 16.5. The number of piperidine rings is 1. The summed E-state index contributed by atoms with van der Waals surface area (Å²) in [5.41, 5.74) is 5.67. The molecule has 0 aromatic heterocycles. The summed E-state index contributed by atoms with van der Waals surface area (Å²) >= 11 is 0. The molecule has 4 heterocycles. The van der Waals surface area contributed by atoms with Gasteiger partial charge in [0.1, 0.15) is 11.5 Å². The summed E-state index contributed by atoms with van der Waals surface area (Å²) in [6.07, 6.45) is 6.49. The van der Waals surface area contributed by atoms with Crippen molar-refractivity contribution in [3.8, 4) is 11.5 Å². The minimum atomic E-state index is -0.254. The minimum absolute atomic E-state index is 0.115. The lowest BCUT2D eigenvalue weighted by Gasteiger charge is -2.44. The number of methoxy groups -OCH3 is 2. The van der Waals surface area contributed by atoms with Crippen LogP contribution in [0.2, 0.25) is 0 Å². The predicted octanol–water partition coefficient (Wildman–Crippen LogP) is 4.59. The number of ether oxygens (including phenoxy) is 2. The van der Waals surface area contributed by atoms with Gasteiger partial charge in [0.15, 0.2) is 0 Å². The fourth-order valence-electron chi connectivity index (χ4n) is 6.59. The first-order chi connectivity index (χ1) is 16.8. The van der Waals surface area contributed by atoms with Crippen LogP contribution < -0.4 is 9.47 Å². The van der Waals surface area contributed by atoms with Gasteiger partial charge in [-0.3, -0.25) is 14.8 Å². The number of likely N-dealkylation sites (N-methyl/N-ethyl adjacent to an activating group) is 1. The van der Waals surface area contributed by atoms with Crippen LogP contribution in [0.1, 0.15) is 57.6 Å². The third-order valence-electron chi connectivity index (χ3n) is 8.29. The molecule has 0 aliphatic carbocycles. The van der Waals surface area contributed by atoms with E-state index in [0.29, 0.717) is 13.1 Å². The van der Waals surface area contributed by atoms with Crippen molar-refractivity contribution in [2.24, 2.45) is 4.99 Å². The molecule has 0 saturated carbocycles. The molecule has 2 amide bonds. The summed E-state index contributed by atoms with van der Waals surface area (Å²) < 4.78 is 11.3. The Hall–Kier alpha value is -2.80. The molecule has 1 unspecified atom stereocenters. The van der Waals surface area contributed by atoms with Crippen molar-refractivity contribution in [3.63, 3.8) is 0 Å². The number of allylic oxidation sites excluding steroid dienone is 1. The molecule has 35 heavy (non-hydrogen) atoms. The van der Waals surface area contributed by atoms with Crippen LogP contribution in [-0.2, 0) is 6.54 Å². The zero-order chi connectivity index (χ0) is 24.9. The van der Waals surface area contributed by atoms with E-state index >= 15 is 0 Å². The van der Waals surface area contributed by atoms with Gasteiger partial charge in [-0.2, -0.15) is 0 Å². The molecule has 5 rings (SSSR count). The van der Waals surface area contributed by atoms with E-state index in [2.05, 4.69) is 60.7 Å². The first kappa shape index (κ1) is 23.9. The Bertz CT molecular complexity index is 1110. The second kappa shape index (κ2) is 9.01. The van der Waals surface area contributed by atoms with Crippen molar-refractivity contribution in [2.75, 3.05) is 40.4 Å². The highest BCUT2D eigenvalue weighted by Crippen LogP contribution is 2.49. The van der Waals surface area contributed by atoms with Crippen LogP contribution in [-0.4, -0.2) is 78.4 Å². The zero-order valence-electron chi connectivity index (χ0n) is 21.9. The zero-order valence-corrected chi connectivity index (χ0v) is 21.9. The largest absolute Gasteiger partial charge is 0.497 e. The number of amides is 2. The maximum absolute atomic E-state index is 13.8. The van der Waals surface area contributed by atoms with Crippen molar-refractivity contribution in [1.29, 1.82) is 0 Å². The van der Waals surface area contributed by atoms with E-state index < -0.39 is 0 Å². The van der Waals surface area contributed by atoms with Gasteiger partial charge in [0.25, 0.3) is 0 Å². The number of aliphatic imine (C=N–C) groups is 1. The van der Waals surface area contributed by atoms with Gasteiger partial charge < -0.3 is 14.4 Å². The number of nitrogens with zero attached hydrogens (tertiary/aromatic N) is 4. The number of rotatable bonds is 5. The Labute approximate surface area is 209 Å². The highest BCUT2D eigenvalue weighted by molar-refractivity contribution is 6.00. The van der Waals surface area contributed by atoms with Crippen LogP contribution in [0.15, 0.2) is 40.5 Å². The van der Waals surface area contributed by atoms with Crippen molar-refractivity contribution < 1.29 is 14.3 Å². The van der Waals surface area contributed by atoms with Gasteiger partial charge in [0, 0.05) is 55.1 Å². The Morgan fingerprint density at radius 3 is 2.46 bits per heavy atom. The molecule has 0 radical (unpaired) electrons. The molecule has 4 aliphatic rings. The normalized spacial score (nSPS) is 25.7. The molecule has 2 saturated heterocycles. The number of hydrogen-bond acceptors (Lipinski definition) is 5. The molecule has 7 nitrogen and oxygen atoms in total. The number of urea groups is 1. The van der Waals surface area contributed by atoms with Crippen LogP contribution in [0.25, 0.3) is 0 Å². The van der Waals surface area contributed by atoms with Gasteiger partial charge in [-0.25, -0.2) is 4.79 Å². The first-order valence-electron chi connectivity index (χ1n) is 12.8. The second-order valence-corrected chi connectivity index (χ2v) is 10.3.